The monoisotopic (exact) mass is 228 g/mol. The van der Waals surface area contributed by atoms with Gasteiger partial charge in [-0.1, -0.05) is 6.92 Å². The van der Waals surface area contributed by atoms with Crippen LogP contribution in [0.4, 0.5) is 0 Å². The van der Waals surface area contributed by atoms with E-state index in [4.69, 9.17) is 4.74 Å². The molecule has 1 aromatic rings. The predicted octanol–water partition coefficient (Wildman–Crippen LogP) is 1.95. The van der Waals surface area contributed by atoms with Crippen LogP contribution in [0.25, 0.3) is 0 Å². The molecule has 86 valence electrons. The van der Waals surface area contributed by atoms with E-state index >= 15 is 0 Å². The highest BCUT2D eigenvalue weighted by molar-refractivity contribution is 7.09. The van der Waals surface area contributed by atoms with Crippen molar-refractivity contribution in [2.75, 3.05) is 20.8 Å². The van der Waals surface area contributed by atoms with Crippen LogP contribution in [0.1, 0.15) is 18.4 Å². The van der Waals surface area contributed by atoms with Crippen LogP contribution in [0.15, 0.2) is 11.6 Å². The van der Waals surface area contributed by atoms with E-state index in [0.29, 0.717) is 12.0 Å². The first kappa shape index (κ1) is 12.6. The van der Waals surface area contributed by atoms with Gasteiger partial charge in [0.1, 0.15) is 0 Å². The first-order valence-electron chi connectivity index (χ1n) is 5.30. The number of ether oxygens (including phenoxy) is 1. The molecule has 2 atom stereocenters. The van der Waals surface area contributed by atoms with E-state index in [1.807, 2.05) is 18.6 Å². The van der Waals surface area contributed by atoms with E-state index in [9.17, 15) is 0 Å². The molecule has 1 N–H and O–H groups in total. The van der Waals surface area contributed by atoms with Crippen molar-refractivity contribution in [1.29, 1.82) is 0 Å². The van der Waals surface area contributed by atoms with Crippen LogP contribution in [0, 0.1) is 5.92 Å². The number of hydrogen-bond donors (Lipinski definition) is 1. The van der Waals surface area contributed by atoms with Crippen LogP contribution in [0.2, 0.25) is 0 Å². The second kappa shape index (κ2) is 6.93. The number of nitrogens with one attached hydrogen (secondary N) is 1. The Labute approximate surface area is 95.9 Å². The van der Waals surface area contributed by atoms with Gasteiger partial charge in [0.25, 0.3) is 0 Å². The molecule has 2 unspecified atom stereocenters. The number of thiazole rings is 1. The molecular formula is C11H20N2OS. The van der Waals surface area contributed by atoms with E-state index in [-0.39, 0.29) is 0 Å². The number of methoxy groups -OCH3 is 1. The zero-order valence-electron chi connectivity index (χ0n) is 9.69. The molecule has 0 aromatic carbocycles. The normalized spacial score (nSPS) is 15.1. The van der Waals surface area contributed by atoms with Gasteiger partial charge in [-0.2, -0.15) is 0 Å². The molecule has 1 aromatic heterocycles. The molecule has 0 fully saturated rings. The van der Waals surface area contributed by atoms with Crippen LogP contribution >= 0.6 is 11.3 Å². The second-order valence-electron chi connectivity index (χ2n) is 3.91. The Morgan fingerprint density at radius 3 is 2.93 bits per heavy atom. The third-order valence-electron chi connectivity index (χ3n) is 2.45. The van der Waals surface area contributed by atoms with Crippen molar-refractivity contribution in [2.24, 2.45) is 5.92 Å². The summed E-state index contributed by atoms with van der Waals surface area (Å²) in [6.07, 6.45) is 4.01. The van der Waals surface area contributed by atoms with Crippen molar-refractivity contribution in [1.82, 2.24) is 10.3 Å². The summed E-state index contributed by atoms with van der Waals surface area (Å²) < 4.78 is 5.14. The average Bonchev–Trinajstić information content (AvgIpc) is 2.70. The van der Waals surface area contributed by atoms with Crippen LogP contribution in [-0.2, 0) is 11.2 Å². The highest BCUT2D eigenvalue weighted by atomic mass is 32.1. The Morgan fingerprint density at radius 1 is 1.60 bits per heavy atom. The van der Waals surface area contributed by atoms with Crippen LogP contribution in [-0.4, -0.2) is 31.8 Å². The van der Waals surface area contributed by atoms with Gasteiger partial charge in [0.05, 0.1) is 5.01 Å². The number of likely N-dealkylation sites (N-methyl/N-ethyl adjacent to an activating group) is 1. The van der Waals surface area contributed by atoms with Gasteiger partial charge in [-0.15, -0.1) is 11.3 Å². The van der Waals surface area contributed by atoms with Gasteiger partial charge in [0.15, 0.2) is 0 Å². The molecule has 0 aliphatic carbocycles. The summed E-state index contributed by atoms with van der Waals surface area (Å²) in [5.74, 6) is 0.590. The summed E-state index contributed by atoms with van der Waals surface area (Å²) in [7, 11) is 3.77. The number of rotatable bonds is 7. The Morgan fingerprint density at radius 2 is 2.40 bits per heavy atom. The Balaban J connectivity index is 2.35. The topological polar surface area (TPSA) is 34.2 Å². The highest BCUT2D eigenvalue weighted by Crippen LogP contribution is 2.13. The van der Waals surface area contributed by atoms with Crippen molar-refractivity contribution >= 4 is 11.3 Å². The van der Waals surface area contributed by atoms with E-state index in [2.05, 4.69) is 17.2 Å². The minimum absolute atomic E-state index is 0.501. The van der Waals surface area contributed by atoms with E-state index in [1.54, 1.807) is 18.4 Å². The molecule has 0 aliphatic rings. The number of hydrogen-bond acceptors (Lipinski definition) is 4. The second-order valence-corrected chi connectivity index (χ2v) is 4.89. The standard InChI is InChI=1S/C11H20N2OS/c1-9(8-14-3)6-10(12-2)7-11-13-4-5-15-11/h4-5,9-10,12H,6-8H2,1-3H3. The first-order chi connectivity index (χ1) is 7.26. The lowest BCUT2D eigenvalue weighted by molar-refractivity contribution is 0.150. The molecule has 1 heterocycles. The minimum Gasteiger partial charge on any atom is -0.384 e. The lowest BCUT2D eigenvalue weighted by Gasteiger charge is -2.19. The van der Waals surface area contributed by atoms with Gasteiger partial charge in [-0.05, 0) is 19.4 Å². The largest absolute Gasteiger partial charge is 0.384 e. The van der Waals surface area contributed by atoms with Crippen molar-refractivity contribution in [3.05, 3.63) is 16.6 Å². The summed E-state index contributed by atoms with van der Waals surface area (Å²) in [6, 6.07) is 0.501. The van der Waals surface area contributed by atoms with E-state index in [0.717, 1.165) is 19.4 Å². The summed E-state index contributed by atoms with van der Waals surface area (Å²) >= 11 is 1.72. The average molecular weight is 228 g/mol. The summed E-state index contributed by atoms with van der Waals surface area (Å²) in [4.78, 5) is 4.30. The third-order valence-corrected chi connectivity index (χ3v) is 3.25. The fourth-order valence-corrected chi connectivity index (χ4v) is 2.40. The fraction of sp³-hybridized carbons (Fsp3) is 0.727. The number of aromatic nitrogens is 1. The van der Waals surface area contributed by atoms with Crippen LogP contribution < -0.4 is 5.32 Å². The maximum Gasteiger partial charge on any atom is 0.0940 e. The molecule has 0 aliphatic heterocycles. The SMILES string of the molecule is CNC(Cc1nccs1)CC(C)COC. The molecule has 15 heavy (non-hydrogen) atoms. The van der Waals surface area contributed by atoms with Gasteiger partial charge >= 0.3 is 0 Å². The van der Waals surface area contributed by atoms with Crippen LogP contribution in [0.5, 0.6) is 0 Å². The Kier molecular flexibility index (Phi) is 5.83. The van der Waals surface area contributed by atoms with E-state index in [1.165, 1.54) is 5.01 Å². The molecule has 0 spiro atoms. The van der Waals surface area contributed by atoms with Crippen LogP contribution in [0.3, 0.4) is 0 Å². The molecule has 1 rings (SSSR count). The fourth-order valence-electron chi connectivity index (χ4n) is 1.71. The zero-order chi connectivity index (χ0) is 11.1. The van der Waals surface area contributed by atoms with Crippen molar-refractivity contribution < 1.29 is 4.74 Å². The lowest BCUT2D eigenvalue weighted by Crippen LogP contribution is -2.30. The smallest absolute Gasteiger partial charge is 0.0940 e. The molecule has 0 saturated heterocycles. The molecule has 0 saturated carbocycles. The first-order valence-corrected chi connectivity index (χ1v) is 6.18. The summed E-state index contributed by atoms with van der Waals surface area (Å²) in [5.41, 5.74) is 0. The van der Waals surface area contributed by atoms with Gasteiger partial charge in [0, 0.05) is 37.8 Å². The third kappa shape index (κ3) is 4.73. The number of nitrogens with zero attached hydrogens (tertiary/aromatic N) is 1. The molecule has 3 nitrogen and oxygen atoms in total. The summed E-state index contributed by atoms with van der Waals surface area (Å²) in [5, 5.41) is 6.58. The lowest BCUT2D eigenvalue weighted by atomic mass is 10.0. The van der Waals surface area contributed by atoms with Gasteiger partial charge in [0.2, 0.25) is 0 Å². The molecule has 0 bridgehead atoms. The van der Waals surface area contributed by atoms with Crippen molar-refractivity contribution in [3.8, 4) is 0 Å². The molecule has 4 heteroatoms. The highest BCUT2D eigenvalue weighted by Gasteiger charge is 2.13. The molecule has 0 amide bonds. The summed E-state index contributed by atoms with van der Waals surface area (Å²) in [6.45, 7) is 3.05. The van der Waals surface area contributed by atoms with Crippen molar-refractivity contribution in [2.45, 2.75) is 25.8 Å². The molecule has 0 radical (unpaired) electrons. The quantitative estimate of drug-likeness (QED) is 0.774. The molecular weight excluding hydrogens is 208 g/mol. The Hall–Kier alpha value is -0.450. The zero-order valence-corrected chi connectivity index (χ0v) is 10.5. The minimum atomic E-state index is 0.501. The van der Waals surface area contributed by atoms with E-state index < -0.39 is 0 Å². The van der Waals surface area contributed by atoms with Gasteiger partial charge < -0.3 is 10.1 Å². The van der Waals surface area contributed by atoms with Gasteiger partial charge in [-0.3, -0.25) is 0 Å². The van der Waals surface area contributed by atoms with Crippen molar-refractivity contribution in [3.63, 3.8) is 0 Å². The predicted molar refractivity (Wildman–Crippen MR) is 64.3 cm³/mol. The maximum atomic E-state index is 5.14. The van der Waals surface area contributed by atoms with Gasteiger partial charge in [-0.25, -0.2) is 4.98 Å². The Bertz CT molecular complexity index is 251. The maximum absolute atomic E-state index is 5.14.